The van der Waals surface area contributed by atoms with Crippen molar-refractivity contribution in [1.82, 2.24) is 0 Å². The Kier molecular flexibility index (Phi) is 1.26. The van der Waals surface area contributed by atoms with Gasteiger partial charge in [0.15, 0.2) is 16.8 Å². The van der Waals surface area contributed by atoms with Crippen LogP contribution >= 0.6 is 0 Å². The molecule has 1 nitrogen and oxygen atoms in total. The van der Waals surface area contributed by atoms with Crippen LogP contribution in [0.2, 0.25) is 0 Å². The highest BCUT2D eigenvalue weighted by Gasteiger charge is 2.71. The number of rotatable bonds is 0. The molecule has 0 aromatic rings. The summed E-state index contributed by atoms with van der Waals surface area (Å²) in [6, 6.07) is 0. The zero-order valence-corrected chi connectivity index (χ0v) is 9.15. The molecule has 0 amide bonds. The van der Waals surface area contributed by atoms with Crippen molar-refractivity contribution in [2.45, 2.75) is 76.1 Å². The van der Waals surface area contributed by atoms with Crippen molar-refractivity contribution in [3.05, 3.63) is 0 Å². The van der Waals surface area contributed by atoms with Crippen molar-refractivity contribution in [2.75, 3.05) is 0 Å². The molecule has 0 bridgehead atoms. The molecule has 3 rings (SSSR count). The third-order valence-electron chi connectivity index (χ3n) is 5.03. The second kappa shape index (κ2) is 1.98. The molecule has 3 saturated heterocycles. The lowest BCUT2D eigenvalue weighted by atomic mass is 9.95. The first-order valence-corrected chi connectivity index (χ1v) is 5.73. The molecule has 0 spiro atoms. The molecule has 0 unspecified atom stereocenters. The number of hydrogen-bond donors (Lipinski definition) is 0. The van der Waals surface area contributed by atoms with Crippen LogP contribution in [-0.4, -0.2) is 16.8 Å². The fourth-order valence-corrected chi connectivity index (χ4v) is 4.36. The van der Waals surface area contributed by atoms with Gasteiger partial charge in [0.1, 0.15) is 0 Å². The molecule has 3 aliphatic heterocycles. The van der Waals surface area contributed by atoms with Gasteiger partial charge in [0.05, 0.1) is 0 Å². The van der Waals surface area contributed by atoms with E-state index in [4.69, 9.17) is 0 Å². The summed E-state index contributed by atoms with van der Waals surface area (Å²) in [5, 5.41) is 0. The SMILES string of the molecule is CC12CCC3(C)CCC(C)(CC1)[O+]23. The second-order valence-electron chi connectivity index (χ2n) is 6.16. The minimum absolute atomic E-state index is 0.486. The van der Waals surface area contributed by atoms with Crippen LogP contribution in [0.15, 0.2) is 0 Å². The van der Waals surface area contributed by atoms with Crippen LogP contribution in [0.1, 0.15) is 59.3 Å². The van der Waals surface area contributed by atoms with Gasteiger partial charge in [0.25, 0.3) is 0 Å². The van der Waals surface area contributed by atoms with E-state index >= 15 is 0 Å². The van der Waals surface area contributed by atoms with Gasteiger partial charge in [-0.15, -0.1) is 0 Å². The van der Waals surface area contributed by atoms with Crippen LogP contribution in [0.5, 0.6) is 0 Å². The van der Waals surface area contributed by atoms with Crippen LogP contribution in [0.3, 0.4) is 0 Å². The molecule has 13 heavy (non-hydrogen) atoms. The third-order valence-corrected chi connectivity index (χ3v) is 5.03. The Balaban J connectivity index is 2.10. The lowest BCUT2D eigenvalue weighted by Crippen LogP contribution is -2.42. The highest BCUT2D eigenvalue weighted by atomic mass is 16.8. The highest BCUT2D eigenvalue weighted by Crippen LogP contribution is 2.65. The van der Waals surface area contributed by atoms with Gasteiger partial charge in [-0.3, -0.25) is 0 Å². The van der Waals surface area contributed by atoms with Gasteiger partial charge in [-0.1, -0.05) is 0 Å². The maximum absolute atomic E-state index is 3.81. The predicted octanol–water partition coefficient (Wildman–Crippen LogP) is 3.20. The van der Waals surface area contributed by atoms with E-state index in [0.717, 1.165) is 0 Å². The average Bonchev–Trinajstić information content (AvgIpc) is 2.58. The van der Waals surface area contributed by atoms with E-state index in [-0.39, 0.29) is 0 Å². The molecule has 0 N–H and O–H groups in total. The van der Waals surface area contributed by atoms with Crippen molar-refractivity contribution in [3.63, 3.8) is 0 Å². The number of hydrogen-bond acceptors (Lipinski definition) is 0. The van der Waals surface area contributed by atoms with Gasteiger partial charge < -0.3 is 4.37 Å². The Morgan fingerprint density at radius 2 is 0.846 bits per heavy atom. The van der Waals surface area contributed by atoms with Crippen LogP contribution in [0.4, 0.5) is 0 Å². The maximum atomic E-state index is 3.81. The molecule has 74 valence electrons. The van der Waals surface area contributed by atoms with Gasteiger partial charge >= 0.3 is 0 Å². The molecule has 1 heteroatoms. The Bertz CT molecular complexity index is 201. The molecule has 3 aliphatic rings. The normalized spacial score (nSPS) is 60.2. The van der Waals surface area contributed by atoms with E-state index in [1.165, 1.54) is 38.5 Å². The van der Waals surface area contributed by atoms with E-state index < -0.39 is 0 Å². The third kappa shape index (κ3) is 0.782. The van der Waals surface area contributed by atoms with Gasteiger partial charge in [-0.2, -0.15) is 0 Å². The second-order valence-corrected chi connectivity index (χ2v) is 6.16. The highest BCUT2D eigenvalue weighted by molar-refractivity contribution is 5.12. The first-order chi connectivity index (χ1) is 5.99. The van der Waals surface area contributed by atoms with Crippen molar-refractivity contribution in [3.8, 4) is 0 Å². The molecule has 0 saturated carbocycles. The van der Waals surface area contributed by atoms with E-state index in [9.17, 15) is 0 Å². The molecule has 0 aromatic carbocycles. The van der Waals surface area contributed by atoms with Gasteiger partial charge in [-0.25, -0.2) is 0 Å². The summed E-state index contributed by atoms with van der Waals surface area (Å²) in [5.74, 6) is 0. The summed E-state index contributed by atoms with van der Waals surface area (Å²) < 4.78 is 3.81. The zero-order chi connectivity index (χ0) is 9.32. The topological polar surface area (TPSA) is 2.70 Å². The summed E-state index contributed by atoms with van der Waals surface area (Å²) in [7, 11) is 0. The average molecular weight is 181 g/mol. The van der Waals surface area contributed by atoms with E-state index in [2.05, 4.69) is 25.1 Å². The monoisotopic (exact) mass is 181 g/mol. The molecule has 0 aliphatic carbocycles. The van der Waals surface area contributed by atoms with Gasteiger partial charge in [0, 0.05) is 59.3 Å². The standard InChI is InChI=1S/C12H21O/c1-10-4-6-11(2)8-9-12(3,7-5-10)13(10)11/h4-9H2,1-3H3/q+1. The minimum Gasteiger partial charge on any atom is -0.409 e. The van der Waals surface area contributed by atoms with E-state index in [1.54, 1.807) is 0 Å². The van der Waals surface area contributed by atoms with Crippen LogP contribution in [0, 0.1) is 0 Å². The summed E-state index contributed by atoms with van der Waals surface area (Å²) in [6.07, 6.45) is 8.44. The Hall–Kier alpha value is -0.0400. The molecule has 0 aromatic heterocycles. The predicted molar refractivity (Wildman–Crippen MR) is 54.0 cm³/mol. The molecular formula is C12H21O+. The fourth-order valence-electron chi connectivity index (χ4n) is 4.36. The summed E-state index contributed by atoms with van der Waals surface area (Å²) >= 11 is 0. The largest absolute Gasteiger partial charge is 0.409 e. The lowest BCUT2D eigenvalue weighted by Gasteiger charge is -2.37. The Morgan fingerprint density at radius 3 is 1.08 bits per heavy atom. The molecule has 3 heterocycles. The van der Waals surface area contributed by atoms with Gasteiger partial charge in [-0.05, 0) is 0 Å². The smallest absolute Gasteiger partial charge is 0.164 e. The van der Waals surface area contributed by atoms with Crippen LogP contribution in [0.25, 0.3) is 0 Å². The molecule has 0 radical (unpaired) electrons. The minimum atomic E-state index is 0.486. The first-order valence-electron chi connectivity index (χ1n) is 5.73. The van der Waals surface area contributed by atoms with E-state index in [0.29, 0.717) is 16.8 Å². The van der Waals surface area contributed by atoms with Crippen molar-refractivity contribution < 1.29 is 4.37 Å². The van der Waals surface area contributed by atoms with Gasteiger partial charge in [0.2, 0.25) is 0 Å². The summed E-state index contributed by atoms with van der Waals surface area (Å²) in [5.41, 5.74) is 1.46. The van der Waals surface area contributed by atoms with Crippen LogP contribution < -0.4 is 0 Å². The van der Waals surface area contributed by atoms with Crippen molar-refractivity contribution in [2.24, 2.45) is 0 Å². The molecule has 0 atom stereocenters. The first kappa shape index (κ1) is 8.28. The lowest BCUT2D eigenvalue weighted by molar-refractivity contribution is -0.305. The van der Waals surface area contributed by atoms with Crippen LogP contribution in [-0.2, 0) is 4.37 Å². The van der Waals surface area contributed by atoms with E-state index in [1.807, 2.05) is 0 Å². The van der Waals surface area contributed by atoms with Crippen molar-refractivity contribution >= 4 is 0 Å². The maximum Gasteiger partial charge on any atom is 0.164 e. The quantitative estimate of drug-likeness (QED) is 0.505. The van der Waals surface area contributed by atoms with Crippen molar-refractivity contribution in [1.29, 1.82) is 0 Å². The molecule has 3 fully saturated rings. The zero-order valence-electron chi connectivity index (χ0n) is 9.15. The Morgan fingerprint density at radius 1 is 0.615 bits per heavy atom. The Labute approximate surface area is 81.2 Å². The summed E-state index contributed by atoms with van der Waals surface area (Å²) in [6.45, 7) is 7.37. The fraction of sp³-hybridized carbons (Fsp3) is 1.00. The summed E-state index contributed by atoms with van der Waals surface area (Å²) in [4.78, 5) is 0. The molecular weight excluding hydrogens is 160 g/mol.